The maximum Gasteiger partial charge on any atom is 0.251 e. The molecule has 0 bridgehead atoms. The van der Waals surface area contributed by atoms with Gasteiger partial charge in [-0.05, 0) is 55.7 Å². The predicted molar refractivity (Wildman–Crippen MR) is 92.0 cm³/mol. The molecule has 2 aromatic carbocycles. The van der Waals surface area contributed by atoms with Crippen LogP contribution in [-0.2, 0) is 10.0 Å². The normalized spacial score (nSPS) is 15.5. The number of amides is 1. The Hall–Kier alpha value is -2.32. The summed E-state index contributed by atoms with van der Waals surface area (Å²) in [7, 11) is -3.67. The SMILES string of the molecule is CC(NC(=O)c1cccc(S(=O)(=O)NC2CC2)c1)c1ccc(F)c(F)c1. The van der Waals surface area contributed by atoms with Crippen LogP contribution in [0.2, 0.25) is 0 Å². The highest BCUT2D eigenvalue weighted by Gasteiger charge is 2.28. The van der Waals surface area contributed by atoms with Crippen molar-refractivity contribution in [1.29, 1.82) is 0 Å². The minimum atomic E-state index is -3.67. The first-order valence-corrected chi connectivity index (χ1v) is 9.63. The molecule has 0 aromatic heterocycles. The van der Waals surface area contributed by atoms with Gasteiger partial charge in [-0.1, -0.05) is 12.1 Å². The van der Waals surface area contributed by atoms with Crippen molar-refractivity contribution in [3.8, 4) is 0 Å². The third kappa shape index (κ3) is 4.25. The standard InChI is InChI=1S/C18H18F2N2O3S/c1-11(12-5-8-16(19)17(20)10-12)21-18(23)13-3-2-4-15(9-13)26(24,25)22-14-6-7-14/h2-5,8-11,14,22H,6-7H2,1H3,(H,21,23). The Balaban J connectivity index is 1.75. The summed E-state index contributed by atoms with van der Waals surface area (Å²) < 4.78 is 53.4. The van der Waals surface area contributed by atoms with Crippen LogP contribution in [0.1, 0.15) is 41.7 Å². The fraction of sp³-hybridized carbons (Fsp3) is 0.278. The Morgan fingerprint density at radius 1 is 1.12 bits per heavy atom. The van der Waals surface area contributed by atoms with Gasteiger partial charge in [-0.25, -0.2) is 21.9 Å². The first kappa shape index (κ1) is 18.5. The van der Waals surface area contributed by atoms with Crippen molar-refractivity contribution in [2.45, 2.75) is 36.7 Å². The molecule has 5 nitrogen and oxygen atoms in total. The number of hydrogen-bond acceptors (Lipinski definition) is 3. The van der Waals surface area contributed by atoms with E-state index in [-0.39, 0.29) is 16.5 Å². The average Bonchev–Trinajstić information content (AvgIpc) is 3.40. The summed E-state index contributed by atoms with van der Waals surface area (Å²) in [4.78, 5) is 12.4. The summed E-state index contributed by atoms with van der Waals surface area (Å²) in [5.74, 6) is -2.47. The third-order valence-corrected chi connectivity index (χ3v) is 5.62. The molecule has 0 radical (unpaired) electrons. The van der Waals surface area contributed by atoms with E-state index in [4.69, 9.17) is 0 Å². The number of carbonyl (C=O) groups excluding carboxylic acids is 1. The molecule has 1 fully saturated rings. The Bertz CT molecular complexity index is 943. The van der Waals surface area contributed by atoms with E-state index in [1.165, 1.54) is 30.3 Å². The van der Waals surface area contributed by atoms with Crippen molar-refractivity contribution in [1.82, 2.24) is 10.0 Å². The zero-order chi connectivity index (χ0) is 18.9. The van der Waals surface area contributed by atoms with Crippen LogP contribution < -0.4 is 10.0 Å². The Morgan fingerprint density at radius 3 is 2.50 bits per heavy atom. The van der Waals surface area contributed by atoms with Gasteiger partial charge in [0.2, 0.25) is 10.0 Å². The van der Waals surface area contributed by atoms with Gasteiger partial charge in [0, 0.05) is 11.6 Å². The maximum absolute atomic E-state index is 13.3. The molecular weight excluding hydrogens is 362 g/mol. The summed E-state index contributed by atoms with van der Waals surface area (Å²) in [6.07, 6.45) is 1.62. The maximum atomic E-state index is 13.3. The summed E-state index contributed by atoms with van der Waals surface area (Å²) in [6.45, 7) is 1.62. The molecule has 0 aliphatic heterocycles. The fourth-order valence-corrected chi connectivity index (χ4v) is 3.79. The van der Waals surface area contributed by atoms with E-state index >= 15 is 0 Å². The van der Waals surface area contributed by atoms with Gasteiger partial charge in [-0.3, -0.25) is 4.79 Å². The van der Waals surface area contributed by atoms with Crippen LogP contribution in [0.15, 0.2) is 47.4 Å². The molecule has 138 valence electrons. The number of nitrogens with one attached hydrogen (secondary N) is 2. The summed E-state index contributed by atoms with van der Waals surface area (Å²) in [5, 5.41) is 2.65. The molecule has 1 aliphatic rings. The summed E-state index contributed by atoms with van der Waals surface area (Å²) in [5.41, 5.74) is 0.564. The molecule has 3 rings (SSSR count). The van der Waals surface area contributed by atoms with Gasteiger partial charge < -0.3 is 5.32 Å². The highest BCUT2D eigenvalue weighted by Crippen LogP contribution is 2.23. The van der Waals surface area contributed by atoms with Crippen molar-refractivity contribution in [3.05, 3.63) is 65.2 Å². The van der Waals surface area contributed by atoms with Gasteiger partial charge in [0.15, 0.2) is 11.6 Å². The molecule has 2 aromatic rings. The molecule has 0 heterocycles. The van der Waals surface area contributed by atoms with Crippen molar-refractivity contribution < 1.29 is 22.0 Å². The first-order chi connectivity index (χ1) is 12.3. The number of carbonyl (C=O) groups is 1. The van der Waals surface area contributed by atoms with Crippen molar-refractivity contribution in [2.75, 3.05) is 0 Å². The monoisotopic (exact) mass is 380 g/mol. The van der Waals surface area contributed by atoms with Gasteiger partial charge in [-0.15, -0.1) is 0 Å². The molecule has 0 spiro atoms. The van der Waals surface area contributed by atoms with Crippen LogP contribution in [-0.4, -0.2) is 20.4 Å². The summed E-state index contributed by atoms with van der Waals surface area (Å²) >= 11 is 0. The van der Waals surface area contributed by atoms with Gasteiger partial charge in [-0.2, -0.15) is 0 Å². The molecule has 1 amide bonds. The number of halogens is 2. The average molecular weight is 380 g/mol. The molecule has 0 saturated heterocycles. The van der Waals surface area contributed by atoms with Gasteiger partial charge in [0.05, 0.1) is 10.9 Å². The van der Waals surface area contributed by atoms with Crippen molar-refractivity contribution in [3.63, 3.8) is 0 Å². The molecule has 1 unspecified atom stereocenters. The van der Waals surface area contributed by atoms with E-state index in [1.807, 2.05) is 0 Å². The number of sulfonamides is 1. The molecule has 8 heteroatoms. The lowest BCUT2D eigenvalue weighted by atomic mass is 10.1. The summed E-state index contributed by atoms with van der Waals surface area (Å²) in [6, 6.07) is 8.45. The number of benzene rings is 2. The predicted octanol–water partition coefficient (Wildman–Crippen LogP) is 2.90. The highest BCUT2D eigenvalue weighted by molar-refractivity contribution is 7.89. The largest absolute Gasteiger partial charge is 0.346 e. The van der Waals surface area contributed by atoms with Crippen LogP contribution >= 0.6 is 0 Å². The Labute approximate surface area is 150 Å². The van der Waals surface area contributed by atoms with E-state index in [0.29, 0.717) is 5.56 Å². The van der Waals surface area contributed by atoms with E-state index < -0.39 is 33.6 Å². The minimum absolute atomic E-state index is 0.0116. The molecule has 26 heavy (non-hydrogen) atoms. The lowest BCUT2D eigenvalue weighted by Gasteiger charge is -2.15. The van der Waals surface area contributed by atoms with Gasteiger partial charge in [0.1, 0.15) is 0 Å². The topological polar surface area (TPSA) is 75.3 Å². The second kappa shape index (κ2) is 7.13. The molecule has 1 saturated carbocycles. The Morgan fingerprint density at radius 2 is 1.85 bits per heavy atom. The van der Waals surface area contributed by atoms with Crippen LogP contribution in [0.25, 0.3) is 0 Å². The second-order valence-corrected chi connectivity index (χ2v) is 8.01. The van der Waals surface area contributed by atoms with Crippen molar-refractivity contribution in [2.24, 2.45) is 0 Å². The van der Waals surface area contributed by atoms with Crippen LogP contribution in [0.3, 0.4) is 0 Å². The van der Waals surface area contributed by atoms with E-state index in [1.54, 1.807) is 6.92 Å². The molecule has 2 N–H and O–H groups in total. The zero-order valence-electron chi connectivity index (χ0n) is 14.0. The lowest BCUT2D eigenvalue weighted by molar-refractivity contribution is 0.0939. The van der Waals surface area contributed by atoms with Gasteiger partial charge >= 0.3 is 0 Å². The van der Waals surface area contributed by atoms with E-state index in [0.717, 1.165) is 25.0 Å². The number of hydrogen-bond donors (Lipinski definition) is 2. The number of rotatable bonds is 6. The van der Waals surface area contributed by atoms with Gasteiger partial charge in [0.25, 0.3) is 5.91 Å². The van der Waals surface area contributed by atoms with E-state index in [9.17, 15) is 22.0 Å². The zero-order valence-corrected chi connectivity index (χ0v) is 14.8. The highest BCUT2D eigenvalue weighted by atomic mass is 32.2. The van der Waals surface area contributed by atoms with Crippen LogP contribution in [0.5, 0.6) is 0 Å². The first-order valence-electron chi connectivity index (χ1n) is 8.14. The van der Waals surface area contributed by atoms with Crippen LogP contribution in [0.4, 0.5) is 8.78 Å². The Kier molecular flexibility index (Phi) is 5.06. The minimum Gasteiger partial charge on any atom is -0.346 e. The molecular formula is C18H18F2N2O3S. The molecule has 1 atom stereocenters. The van der Waals surface area contributed by atoms with E-state index in [2.05, 4.69) is 10.0 Å². The van der Waals surface area contributed by atoms with Crippen molar-refractivity contribution >= 4 is 15.9 Å². The quantitative estimate of drug-likeness (QED) is 0.809. The smallest absolute Gasteiger partial charge is 0.251 e. The lowest BCUT2D eigenvalue weighted by Crippen LogP contribution is -2.28. The second-order valence-electron chi connectivity index (χ2n) is 6.29. The van der Waals surface area contributed by atoms with Crippen LogP contribution in [0, 0.1) is 11.6 Å². The fourth-order valence-electron chi connectivity index (χ4n) is 2.44. The third-order valence-electron chi connectivity index (χ3n) is 4.10. The molecule has 1 aliphatic carbocycles.